The summed E-state index contributed by atoms with van der Waals surface area (Å²) in [4.78, 5) is 1.88. The molecule has 0 saturated carbocycles. The molecule has 2 atom stereocenters. The monoisotopic (exact) mass is 308 g/mol. The predicted molar refractivity (Wildman–Crippen MR) is 82.7 cm³/mol. The van der Waals surface area contributed by atoms with Gasteiger partial charge in [-0.05, 0) is 53.3 Å². The smallest absolute Gasteiger partial charge is 0.182 e. The third-order valence-electron chi connectivity index (χ3n) is 3.95. The number of piperidine rings is 1. The molecule has 0 amide bonds. The quantitative estimate of drug-likeness (QED) is 0.941. The van der Waals surface area contributed by atoms with E-state index in [1.807, 2.05) is 4.90 Å². The van der Waals surface area contributed by atoms with Gasteiger partial charge in [0.1, 0.15) is 0 Å². The molecule has 0 radical (unpaired) electrons. The van der Waals surface area contributed by atoms with E-state index in [0.717, 1.165) is 18.9 Å². The molecule has 3 rings (SSSR count). The number of nitrogens with two attached hydrogens (primary N) is 1. The summed E-state index contributed by atoms with van der Waals surface area (Å²) in [5.74, 6) is -1.21. The molecule has 0 aliphatic carbocycles. The van der Waals surface area contributed by atoms with Gasteiger partial charge >= 0.3 is 0 Å². The number of rotatable bonds is 3. The van der Waals surface area contributed by atoms with Crippen molar-refractivity contribution in [1.29, 1.82) is 0 Å². The average Bonchev–Trinajstić information content (AvgIpc) is 2.94. The van der Waals surface area contributed by atoms with Crippen molar-refractivity contribution in [2.24, 2.45) is 11.7 Å². The van der Waals surface area contributed by atoms with Gasteiger partial charge in [0.25, 0.3) is 0 Å². The fourth-order valence-electron chi connectivity index (χ4n) is 3.07. The van der Waals surface area contributed by atoms with Gasteiger partial charge in [-0.15, -0.1) is 0 Å². The van der Waals surface area contributed by atoms with Crippen LogP contribution in [0.4, 0.5) is 14.5 Å². The largest absolute Gasteiger partial charge is 0.367 e. The highest BCUT2D eigenvalue weighted by Crippen LogP contribution is 2.28. The van der Waals surface area contributed by atoms with Gasteiger partial charge in [-0.2, -0.15) is 11.3 Å². The third-order valence-corrected chi connectivity index (χ3v) is 4.68. The Morgan fingerprint density at radius 1 is 1.24 bits per heavy atom. The Kier molecular flexibility index (Phi) is 4.22. The summed E-state index contributed by atoms with van der Waals surface area (Å²) in [5.41, 5.74) is 7.73. The minimum absolute atomic E-state index is 0.00921. The molecule has 1 aromatic heterocycles. The standard InChI is InChI=1S/C16H18F2N2S/c17-14-2-1-3-15(16(14)18)20-8-12(7-13(19)9-20)6-11-4-5-21-10-11/h1-5,10,12-13H,6-9,19H2. The van der Waals surface area contributed by atoms with Crippen molar-refractivity contribution in [2.75, 3.05) is 18.0 Å². The second-order valence-electron chi connectivity index (χ2n) is 5.68. The zero-order chi connectivity index (χ0) is 14.8. The van der Waals surface area contributed by atoms with Gasteiger partial charge in [0.2, 0.25) is 0 Å². The fraction of sp³-hybridized carbons (Fsp3) is 0.375. The maximum absolute atomic E-state index is 14.0. The van der Waals surface area contributed by atoms with Crippen LogP contribution in [-0.4, -0.2) is 19.1 Å². The number of nitrogens with zero attached hydrogens (tertiary/aromatic N) is 1. The van der Waals surface area contributed by atoms with Gasteiger partial charge in [-0.1, -0.05) is 6.07 Å². The molecule has 0 spiro atoms. The normalized spacial score (nSPS) is 22.5. The number of halogens is 2. The van der Waals surface area contributed by atoms with Crippen LogP contribution in [0.2, 0.25) is 0 Å². The van der Waals surface area contributed by atoms with Crippen molar-refractivity contribution in [3.8, 4) is 0 Å². The minimum atomic E-state index is -0.805. The van der Waals surface area contributed by atoms with Crippen LogP contribution in [0.25, 0.3) is 0 Å². The van der Waals surface area contributed by atoms with Crippen LogP contribution in [0.1, 0.15) is 12.0 Å². The Balaban J connectivity index is 1.78. The molecular weight excluding hydrogens is 290 g/mol. The zero-order valence-corrected chi connectivity index (χ0v) is 12.5. The summed E-state index contributed by atoms with van der Waals surface area (Å²) in [7, 11) is 0. The Morgan fingerprint density at radius 2 is 2.10 bits per heavy atom. The van der Waals surface area contributed by atoms with Crippen molar-refractivity contribution in [3.05, 3.63) is 52.2 Å². The summed E-state index contributed by atoms with van der Waals surface area (Å²) < 4.78 is 27.4. The first-order valence-electron chi connectivity index (χ1n) is 7.09. The van der Waals surface area contributed by atoms with E-state index in [0.29, 0.717) is 24.7 Å². The molecule has 0 bridgehead atoms. The van der Waals surface area contributed by atoms with E-state index in [9.17, 15) is 8.78 Å². The first-order valence-corrected chi connectivity index (χ1v) is 8.03. The molecule has 2 unspecified atom stereocenters. The first kappa shape index (κ1) is 14.5. The lowest BCUT2D eigenvalue weighted by Crippen LogP contribution is -2.48. The topological polar surface area (TPSA) is 29.3 Å². The summed E-state index contributed by atoms with van der Waals surface area (Å²) >= 11 is 1.68. The van der Waals surface area contributed by atoms with Crippen LogP contribution >= 0.6 is 11.3 Å². The van der Waals surface area contributed by atoms with Gasteiger partial charge in [-0.3, -0.25) is 0 Å². The van der Waals surface area contributed by atoms with Crippen molar-refractivity contribution in [3.63, 3.8) is 0 Å². The molecule has 112 valence electrons. The third kappa shape index (κ3) is 3.24. The maximum Gasteiger partial charge on any atom is 0.182 e. The lowest BCUT2D eigenvalue weighted by molar-refractivity contribution is 0.371. The fourth-order valence-corrected chi connectivity index (χ4v) is 3.75. The van der Waals surface area contributed by atoms with E-state index in [4.69, 9.17) is 5.73 Å². The lowest BCUT2D eigenvalue weighted by Gasteiger charge is -2.38. The van der Waals surface area contributed by atoms with E-state index in [1.165, 1.54) is 5.56 Å². The van der Waals surface area contributed by atoms with Crippen LogP contribution in [0.3, 0.4) is 0 Å². The van der Waals surface area contributed by atoms with E-state index in [-0.39, 0.29) is 6.04 Å². The Morgan fingerprint density at radius 3 is 2.86 bits per heavy atom. The summed E-state index contributed by atoms with van der Waals surface area (Å²) in [6, 6.07) is 6.41. The Hall–Kier alpha value is -1.46. The number of benzene rings is 1. The first-order chi connectivity index (χ1) is 10.1. The van der Waals surface area contributed by atoms with Crippen LogP contribution in [-0.2, 0) is 6.42 Å². The lowest BCUT2D eigenvalue weighted by atomic mass is 9.89. The summed E-state index contributed by atoms with van der Waals surface area (Å²) in [5, 5.41) is 4.19. The molecule has 2 nitrogen and oxygen atoms in total. The highest BCUT2D eigenvalue weighted by Gasteiger charge is 2.27. The summed E-state index contributed by atoms with van der Waals surface area (Å²) in [6.07, 6.45) is 1.86. The minimum Gasteiger partial charge on any atom is -0.367 e. The van der Waals surface area contributed by atoms with E-state index in [2.05, 4.69) is 16.8 Å². The predicted octanol–water partition coefficient (Wildman–Crippen LogP) is 3.42. The van der Waals surface area contributed by atoms with E-state index in [1.54, 1.807) is 23.5 Å². The molecule has 1 fully saturated rings. The number of thiophene rings is 1. The van der Waals surface area contributed by atoms with Crippen LogP contribution in [0.15, 0.2) is 35.0 Å². The van der Waals surface area contributed by atoms with Gasteiger partial charge in [0, 0.05) is 19.1 Å². The van der Waals surface area contributed by atoms with Gasteiger partial charge < -0.3 is 10.6 Å². The second kappa shape index (κ2) is 6.12. The van der Waals surface area contributed by atoms with Gasteiger partial charge in [-0.25, -0.2) is 8.78 Å². The molecular formula is C16H18F2N2S. The van der Waals surface area contributed by atoms with E-state index >= 15 is 0 Å². The summed E-state index contributed by atoms with van der Waals surface area (Å²) in [6.45, 7) is 1.28. The highest BCUT2D eigenvalue weighted by atomic mass is 32.1. The molecule has 21 heavy (non-hydrogen) atoms. The van der Waals surface area contributed by atoms with Gasteiger partial charge in [0.15, 0.2) is 11.6 Å². The molecule has 1 aliphatic heterocycles. The van der Waals surface area contributed by atoms with E-state index < -0.39 is 11.6 Å². The van der Waals surface area contributed by atoms with Crippen molar-refractivity contribution in [1.82, 2.24) is 0 Å². The molecule has 2 N–H and O–H groups in total. The molecule has 1 aliphatic rings. The molecule has 2 aromatic rings. The zero-order valence-electron chi connectivity index (χ0n) is 11.6. The highest BCUT2D eigenvalue weighted by molar-refractivity contribution is 7.07. The van der Waals surface area contributed by atoms with Crippen molar-refractivity contribution < 1.29 is 8.78 Å². The molecule has 2 heterocycles. The van der Waals surface area contributed by atoms with Gasteiger partial charge in [0.05, 0.1) is 5.69 Å². The number of hydrogen-bond acceptors (Lipinski definition) is 3. The van der Waals surface area contributed by atoms with Crippen molar-refractivity contribution in [2.45, 2.75) is 18.9 Å². The Labute approximate surface area is 127 Å². The molecule has 5 heteroatoms. The van der Waals surface area contributed by atoms with Crippen LogP contribution in [0, 0.1) is 17.6 Å². The van der Waals surface area contributed by atoms with Crippen molar-refractivity contribution >= 4 is 17.0 Å². The SMILES string of the molecule is NC1CC(Cc2ccsc2)CN(c2cccc(F)c2F)C1. The molecule has 1 saturated heterocycles. The second-order valence-corrected chi connectivity index (χ2v) is 6.46. The molecule has 1 aromatic carbocycles. The number of hydrogen-bond donors (Lipinski definition) is 1. The average molecular weight is 308 g/mol. The number of anilines is 1. The maximum atomic E-state index is 14.0. The van der Waals surface area contributed by atoms with Crippen LogP contribution in [0.5, 0.6) is 0 Å². The Bertz CT molecular complexity index is 600. The van der Waals surface area contributed by atoms with Crippen LogP contribution < -0.4 is 10.6 Å².